The van der Waals surface area contributed by atoms with Gasteiger partial charge < -0.3 is 5.11 Å². The van der Waals surface area contributed by atoms with Crippen LogP contribution < -0.4 is 4.72 Å². The third-order valence-electron chi connectivity index (χ3n) is 4.29. The molecule has 0 saturated carbocycles. The number of aromatic nitrogens is 1. The van der Waals surface area contributed by atoms with Crippen molar-refractivity contribution < 1.29 is 13.5 Å². The van der Waals surface area contributed by atoms with E-state index in [9.17, 15) is 13.5 Å². The van der Waals surface area contributed by atoms with Gasteiger partial charge in [-0.05, 0) is 55.7 Å². The first kappa shape index (κ1) is 19.1. The van der Waals surface area contributed by atoms with E-state index in [1.165, 1.54) is 5.56 Å². The van der Waals surface area contributed by atoms with Crippen molar-refractivity contribution in [2.75, 3.05) is 4.72 Å². The third kappa shape index (κ3) is 4.35. The maximum atomic E-state index is 12.8. The van der Waals surface area contributed by atoms with Crippen LogP contribution in [0.25, 0.3) is 11.1 Å². The number of pyridine rings is 1. The van der Waals surface area contributed by atoms with Gasteiger partial charge in [-0.2, -0.15) is 0 Å². The van der Waals surface area contributed by atoms with Gasteiger partial charge in [0, 0.05) is 0 Å². The minimum absolute atomic E-state index is 0.176. The second-order valence-corrected chi connectivity index (χ2v) is 8.23. The molecule has 1 heterocycles. The highest BCUT2D eigenvalue weighted by Gasteiger charge is 2.18. The molecule has 2 N–H and O–H groups in total. The van der Waals surface area contributed by atoms with Gasteiger partial charge in [0.1, 0.15) is 5.82 Å². The van der Waals surface area contributed by atoms with Crippen molar-refractivity contribution in [3.05, 3.63) is 77.5 Å². The molecule has 27 heavy (non-hydrogen) atoms. The van der Waals surface area contributed by atoms with Crippen molar-refractivity contribution in [1.82, 2.24) is 4.98 Å². The summed E-state index contributed by atoms with van der Waals surface area (Å²) in [5.74, 6) is 0.176. The summed E-state index contributed by atoms with van der Waals surface area (Å²) < 4.78 is 28.1. The highest BCUT2D eigenvalue weighted by molar-refractivity contribution is 7.92. The highest BCUT2D eigenvalue weighted by Crippen LogP contribution is 2.26. The van der Waals surface area contributed by atoms with E-state index >= 15 is 0 Å². The molecule has 0 bridgehead atoms. The summed E-state index contributed by atoms with van der Waals surface area (Å²) in [5, 5.41) is 9.62. The number of hydrogen-bond donors (Lipinski definition) is 2. The molecule has 0 radical (unpaired) electrons. The van der Waals surface area contributed by atoms with Crippen LogP contribution in [0.4, 0.5) is 5.82 Å². The molecular formula is C21H22N2O3S. The quantitative estimate of drug-likeness (QED) is 0.692. The molecule has 3 rings (SSSR count). The Morgan fingerprint density at radius 3 is 2.26 bits per heavy atom. The first-order valence-corrected chi connectivity index (χ1v) is 10.1. The van der Waals surface area contributed by atoms with Crippen molar-refractivity contribution in [2.24, 2.45) is 0 Å². The van der Waals surface area contributed by atoms with E-state index in [-0.39, 0.29) is 10.7 Å². The summed E-state index contributed by atoms with van der Waals surface area (Å²) >= 11 is 0. The number of nitrogens with zero attached hydrogens (tertiary/aromatic N) is 1. The normalized spacial score (nSPS) is 12.6. The maximum absolute atomic E-state index is 12.8. The van der Waals surface area contributed by atoms with Crippen LogP contribution in [-0.4, -0.2) is 18.5 Å². The lowest BCUT2D eigenvalue weighted by molar-refractivity contribution is 0.194. The number of benzene rings is 2. The van der Waals surface area contributed by atoms with Gasteiger partial charge in [0.2, 0.25) is 0 Å². The zero-order valence-electron chi connectivity index (χ0n) is 15.5. The standard InChI is InChI=1S/C21H22N2O3S/c1-14-7-9-17(10-8-14)18-11-12-20(15(2)13-18)27(25,26)23-21-6-4-5-19(22-21)16(3)24/h4-13,16,24H,1-3H3,(H,22,23). The van der Waals surface area contributed by atoms with E-state index in [4.69, 9.17) is 0 Å². The van der Waals surface area contributed by atoms with Crippen LogP contribution in [-0.2, 0) is 10.0 Å². The molecule has 0 saturated heterocycles. The Hall–Kier alpha value is -2.70. The Bertz CT molecular complexity index is 1060. The fraction of sp³-hybridized carbons (Fsp3) is 0.190. The van der Waals surface area contributed by atoms with Crippen molar-refractivity contribution in [1.29, 1.82) is 0 Å². The molecule has 1 atom stereocenters. The largest absolute Gasteiger partial charge is 0.387 e. The zero-order chi connectivity index (χ0) is 19.6. The minimum atomic E-state index is -3.79. The third-order valence-corrected chi connectivity index (χ3v) is 5.80. The summed E-state index contributed by atoms with van der Waals surface area (Å²) in [6.45, 7) is 5.37. The second-order valence-electron chi connectivity index (χ2n) is 6.58. The molecule has 1 aromatic heterocycles. The average Bonchev–Trinajstić information content (AvgIpc) is 2.62. The van der Waals surface area contributed by atoms with E-state index in [2.05, 4.69) is 9.71 Å². The van der Waals surface area contributed by atoms with Crippen LogP contribution in [0.15, 0.2) is 65.6 Å². The summed E-state index contributed by atoms with van der Waals surface area (Å²) in [5.41, 5.74) is 4.22. The molecule has 2 aromatic carbocycles. The number of anilines is 1. The highest BCUT2D eigenvalue weighted by atomic mass is 32.2. The minimum Gasteiger partial charge on any atom is -0.387 e. The van der Waals surface area contributed by atoms with Crippen LogP contribution in [0.5, 0.6) is 0 Å². The average molecular weight is 382 g/mol. The van der Waals surface area contributed by atoms with Gasteiger partial charge in [-0.15, -0.1) is 0 Å². The smallest absolute Gasteiger partial charge is 0.263 e. The molecule has 0 aliphatic rings. The van der Waals surface area contributed by atoms with Crippen LogP contribution in [0.3, 0.4) is 0 Å². The topological polar surface area (TPSA) is 79.3 Å². The maximum Gasteiger partial charge on any atom is 0.263 e. The molecule has 0 aliphatic heterocycles. The SMILES string of the molecule is Cc1ccc(-c2ccc(S(=O)(=O)Nc3cccc(C(C)O)n3)c(C)c2)cc1. The Kier molecular flexibility index (Phi) is 5.30. The number of aliphatic hydroxyl groups excluding tert-OH is 1. The molecule has 1 unspecified atom stereocenters. The van der Waals surface area contributed by atoms with Crippen molar-refractivity contribution in [2.45, 2.75) is 31.8 Å². The van der Waals surface area contributed by atoms with Gasteiger partial charge >= 0.3 is 0 Å². The van der Waals surface area contributed by atoms with E-state index < -0.39 is 16.1 Å². The lowest BCUT2D eigenvalue weighted by Crippen LogP contribution is -2.15. The summed E-state index contributed by atoms with van der Waals surface area (Å²) in [4.78, 5) is 4.34. The number of rotatable bonds is 5. The van der Waals surface area contributed by atoms with Gasteiger partial charge in [-0.25, -0.2) is 13.4 Å². The molecule has 140 valence electrons. The van der Waals surface area contributed by atoms with Gasteiger partial charge in [-0.1, -0.05) is 48.0 Å². The summed E-state index contributed by atoms with van der Waals surface area (Å²) in [7, 11) is -3.79. The van der Waals surface area contributed by atoms with E-state index in [0.29, 0.717) is 11.3 Å². The number of sulfonamides is 1. The van der Waals surface area contributed by atoms with Gasteiger partial charge in [0.15, 0.2) is 0 Å². The van der Waals surface area contributed by atoms with Gasteiger partial charge in [0.25, 0.3) is 10.0 Å². The predicted molar refractivity (Wildman–Crippen MR) is 107 cm³/mol. The van der Waals surface area contributed by atoms with Crippen molar-refractivity contribution in [3.63, 3.8) is 0 Å². The fourth-order valence-corrected chi connectivity index (χ4v) is 4.04. The molecule has 0 aliphatic carbocycles. The van der Waals surface area contributed by atoms with Gasteiger partial charge in [0.05, 0.1) is 16.7 Å². The first-order chi connectivity index (χ1) is 12.8. The molecule has 0 amide bonds. The van der Waals surface area contributed by atoms with Crippen LogP contribution in [0.1, 0.15) is 29.8 Å². The van der Waals surface area contributed by atoms with Crippen molar-refractivity contribution in [3.8, 4) is 11.1 Å². The molecule has 5 nitrogen and oxygen atoms in total. The van der Waals surface area contributed by atoms with Crippen LogP contribution >= 0.6 is 0 Å². The lowest BCUT2D eigenvalue weighted by Gasteiger charge is -2.13. The first-order valence-electron chi connectivity index (χ1n) is 8.62. The molecule has 0 fully saturated rings. The van der Waals surface area contributed by atoms with Crippen molar-refractivity contribution >= 4 is 15.8 Å². The Labute approximate surface area is 159 Å². The Morgan fingerprint density at radius 1 is 0.963 bits per heavy atom. The monoisotopic (exact) mass is 382 g/mol. The van der Waals surface area contributed by atoms with Gasteiger partial charge in [-0.3, -0.25) is 4.72 Å². The number of nitrogens with one attached hydrogen (secondary N) is 1. The molecule has 3 aromatic rings. The van der Waals surface area contributed by atoms with Crippen LogP contribution in [0, 0.1) is 13.8 Å². The van der Waals surface area contributed by atoms with E-state index in [1.807, 2.05) is 37.3 Å². The zero-order valence-corrected chi connectivity index (χ0v) is 16.3. The fourth-order valence-electron chi connectivity index (χ4n) is 2.81. The van der Waals surface area contributed by atoms with E-state index in [0.717, 1.165) is 11.1 Å². The number of hydrogen-bond acceptors (Lipinski definition) is 4. The summed E-state index contributed by atoms with van der Waals surface area (Å²) in [6, 6.07) is 18.2. The number of aliphatic hydroxyl groups is 1. The Morgan fingerprint density at radius 2 is 1.63 bits per heavy atom. The second kappa shape index (κ2) is 7.50. The molecule has 0 spiro atoms. The van der Waals surface area contributed by atoms with E-state index in [1.54, 1.807) is 44.2 Å². The molecular weight excluding hydrogens is 360 g/mol. The molecule has 6 heteroatoms. The summed E-state index contributed by atoms with van der Waals surface area (Å²) in [6.07, 6.45) is -0.773. The van der Waals surface area contributed by atoms with Crippen LogP contribution in [0.2, 0.25) is 0 Å². The predicted octanol–water partition coefficient (Wildman–Crippen LogP) is 4.22. The lowest BCUT2D eigenvalue weighted by atomic mass is 10.0. The number of aryl methyl sites for hydroxylation is 2. The Balaban J connectivity index is 1.90.